The molecule has 108 valence electrons. The summed E-state index contributed by atoms with van der Waals surface area (Å²) in [5.41, 5.74) is 1.53. The second kappa shape index (κ2) is 6.33. The fourth-order valence-corrected chi connectivity index (χ4v) is 3.72. The normalized spacial score (nSPS) is 20.7. The van der Waals surface area contributed by atoms with Crippen LogP contribution in [0.2, 0.25) is 0 Å². The summed E-state index contributed by atoms with van der Waals surface area (Å²) < 4.78 is 0. The lowest BCUT2D eigenvalue weighted by Gasteiger charge is -2.43. The average molecular weight is 281 g/mol. The van der Waals surface area contributed by atoms with E-state index in [1.165, 1.54) is 37.8 Å². The van der Waals surface area contributed by atoms with Gasteiger partial charge in [0.05, 0.1) is 10.7 Å². The first kappa shape index (κ1) is 14.9. The standard InChI is InChI=1S/C15H27N3S/c1-12(14-10-19-13(2)17-14)16-11-15(18(3)4)8-6-5-7-9-15/h10,12,16H,5-9,11H2,1-4H3. The van der Waals surface area contributed by atoms with Crippen LogP contribution in [0, 0.1) is 6.92 Å². The van der Waals surface area contributed by atoms with Crippen molar-refractivity contribution in [2.75, 3.05) is 20.6 Å². The van der Waals surface area contributed by atoms with Crippen molar-refractivity contribution in [3.8, 4) is 0 Å². The first-order valence-electron chi connectivity index (χ1n) is 7.36. The van der Waals surface area contributed by atoms with E-state index >= 15 is 0 Å². The Balaban J connectivity index is 1.95. The summed E-state index contributed by atoms with van der Waals surface area (Å²) in [6, 6.07) is 0.351. The minimum atomic E-state index is 0.345. The third kappa shape index (κ3) is 3.56. The Kier molecular flexibility index (Phi) is 4.98. The number of aryl methyl sites for hydroxylation is 1. The number of thiazole rings is 1. The van der Waals surface area contributed by atoms with Gasteiger partial charge in [-0.1, -0.05) is 19.3 Å². The summed E-state index contributed by atoms with van der Waals surface area (Å²) in [4.78, 5) is 7.01. The summed E-state index contributed by atoms with van der Waals surface area (Å²) in [5.74, 6) is 0. The molecule has 3 nitrogen and oxygen atoms in total. The predicted molar refractivity (Wildman–Crippen MR) is 82.8 cm³/mol. The van der Waals surface area contributed by atoms with Gasteiger partial charge < -0.3 is 10.2 Å². The summed E-state index contributed by atoms with van der Waals surface area (Å²) in [6.07, 6.45) is 6.76. The van der Waals surface area contributed by atoms with Gasteiger partial charge in [0, 0.05) is 23.5 Å². The van der Waals surface area contributed by atoms with Crippen molar-refractivity contribution in [2.45, 2.75) is 57.5 Å². The van der Waals surface area contributed by atoms with E-state index in [1.807, 2.05) is 0 Å². The SMILES string of the molecule is Cc1nc(C(C)NCC2(N(C)C)CCCCC2)cs1. The zero-order chi connectivity index (χ0) is 13.9. The van der Waals surface area contributed by atoms with Gasteiger partial charge in [-0.15, -0.1) is 11.3 Å². The molecule has 0 bridgehead atoms. The lowest BCUT2D eigenvalue weighted by Crippen LogP contribution is -2.53. The number of aromatic nitrogens is 1. The molecule has 1 heterocycles. The number of nitrogens with one attached hydrogen (secondary N) is 1. The van der Waals surface area contributed by atoms with Gasteiger partial charge in [0.2, 0.25) is 0 Å². The molecule has 4 heteroatoms. The van der Waals surface area contributed by atoms with Crippen molar-refractivity contribution in [3.05, 3.63) is 16.1 Å². The molecule has 0 radical (unpaired) electrons. The number of rotatable bonds is 5. The quantitative estimate of drug-likeness (QED) is 0.897. The van der Waals surface area contributed by atoms with Crippen molar-refractivity contribution in [2.24, 2.45) is 0 Å². The van der Waals surface area contributed by atoms with Gasteiger partial charge in [0.15, 0.2) is 0 Å². The highest BCUT2D eigenvalue weighted by Crippen LogP contribution is 2.32. The third-order valence-electron chi connectivity index (χ3n) is 4.55. The molecule has 2 rings (SSSR count). The van der Waals surface area contributed by atoms with E-state index < -0.39 is 0 Å². The van der Waals surface area contributed by atoms with Gasteiger partial charge in [0.1, 0.15) is 0 Å². The van der Waals surface area contributed by atoms with Crippen molar-refractivity contribution in [3.63, 3.8) is 0 Å². The minimum Gasteiger partial charge on any atom is -0.307 e. The molecule has 0 amide bonds. The topological polar surface area (TPSA) is 28.2 Å². The average Bonchev–Trinajstić information content (AvgIpc) is 2.83. The van der Waals surface area contributed by atoms with Crippen LogP contribution >= 0.6 is 11.3 Å². The van der Waals surface area contributed by atoms with Gasteiger partial charge in [0.25, 0.3) is 0 Å². The van der Waals surface area contributed by atoms with Gasteiger partial charge in [-0.25, -0.2) is 4.98 Å². The van der Waals surface area contributed by atoms with E-state index in [0.29, 0.717) is 11.6 Å². The van der Waals surface area contributed by atoms with Crippen LogP contribution in [0.1, 0.15) is 55.8 Å². The first-order chi connectivity index (χ1) is 9.03. The van der Waals surface area contributed by atoms with Crippen LogP contribution in [0.5, 0.6) is 0 Å². The number of likely N-dealkylation sites (N-methyl/N-ethyl adjacent to an activating group) is 1. The van der Waals surface area contributed by atoms with Gasteiger partial charge in [-0.3, -0.25) is 0 Å². The van der Waals surface area contributed by atoms with E-state index in [0.717, 1.165) is 11.6 Å². The molecule has 0 aliphatic heterocycles. The summed E-state index contributed by atoms with van der Waals surface area (Å²) in [7, 11) is 4.45. The van der Waals surface area contributed by atoms with Gasteiger partial charge >= 0.3 is 0 Å². The molecule has 1 aromatic heterocycles. The fraction of sp³-hybridized carbons (Fsp3) is 0.800. The van der Waals surface area contributed by atoms with Crippen LogP contribution in [0.25, 0.3) is 0 Å². The fourth-order valence-electron chi connectivity index (χ4n) is 3.02. The second-order valence-corrected chi connectivity index (χ2v) is 7.14. The van der Waals surface area contributed by atoms with E-state index in [2.05, 4.69) is 48.5 Å². The van der Waals surface area contributed by atoms with E-state index in [-0.39, 0.29) is 0 Å². The maximum Gasteiger partial charge on any atom is 0.0898 e. The summed E-state index contributed by atoms with van der Waals surface area (Å²) in [5, 5.41) is 7.04. The molecule has 1 saturated carbocycles. The van der Waals surface area contributed by atoms with Crippen LogP contribution in [0.4, 0.5) is 0 Å². The van der Waals surface area contributed by atoms with Crippen molar-refractivity contribution >= 4 is 11.3 Å². The second-order valence-electron chi connectivity index (χ2n) is 6.07. The summed E-state index contributed by atoms with van der Waals surface area (Å²) in [6.45, 7) is 5.36. The molecule has 1 N–H and O–H groups in total. The zero-order valence-corrected chi connectivity index (χ0v) is 13.5. The van der Waals surface area contributed by atoms with Crippen molar-refractivity contribution < 1.29 is 0 Å². The highest BCUT2D eigenvalue weighted by molar-refractivity contribution is 7.09. The van der Waals surface area contributed by atoms with Crippen LogP contribution in [0.15, 0.2) is 5.38 Å². The molecule has 0 aromatic carbocycles. The largest absolute Gasteiger partial charge is 0.307 e. The summed E-state index contributed by atoms with van der Waals surface area (Å²) >= 11 is 1.74. The zero-order valence-electron chi connectivity index (χ0n) is 12.7. The van der Waals surface area contributed by atoms with Gasteiger partial charge in [-0.2, -0.15) is 0 Å². The third-order valence-corrected chi connectivity index (χ3v) is 5.34. The molecule has 19 heavy (non-hydrogen) atoms. The molecule has 1 unspecified atom stereocenters. The molecule has 1 aliphatic carbocycles. The minimum absolute atomic E-state index is 0.345. The molecule has 1 aliphatic rings. The first-order valence-corrected chi connectivity index (χ1v) is 8.24. The number of nitrogens with zero attached hydrogens (tertiary/aromatic N) is 2. The van der Waals surface area contributed by atoms with E-state index in [1.54, 1.807) is 11.3 Å². The molecule has 1 atom stereocenters. The lowest BCUT2D eigenvalue weighted by atomic mass is 9.80. The Hall–Kier alpha value is -0.450. The molecule has 1 fully saturated rings. The van der Waals surface area contributed by atoms with Crippen molar-refractivity contribution in [1.29, 1.82) is 0 Å². The Morgan fingerprint density at radius 1 is 1.37 bits per heavy atom. The van der Waals surface area contributed by atoms with Crippen LogP contribution in [-0.4, -0.2) is 36.1 Å². The Morgan fingerprint density at radius 2 is 2.05 bits per heavy atom. The number of hydrogen-bond donors (Lipinski definition) is 1. The van der Waals surface area contributed by atoms with E-state index in [9.17, 15) is 0 Å². The molecule has 0 saturated heterocycles. The number of hydrogen-bond acceptors (Lipinski definition) is 4. The van der Waals surface area contributed by atoms with Crippen molar-refractivity contribution in [1.82, 2.24) is 15.2 Å². The Labute approximate surface area is 121 Å². The Bertz CT molecular complexity index is 394. The molecule has 0 spiro atoms. The molecular weight excluding hydrogens is 254 g/mol. The van der Waals surface area contributed by atoms with Crippen LogP contribution in [-0.2, 0) is 0 Å². The highest BCUT2D eigenvalue weighted by atomic mass is 32.1. The van der Waals surface area contributed by atoms with E-state index in [4.69, 9.17) is 0 Å². The molecule has 1 aromatic rings. The highest BCUT2D eigenvalue weighted by Gasteiger charge is 2.34. The van der Waals surface area contributed by atoms with Crippen LogP contribution in [0.3, 0.4) is 0 Å². The monoisotopic (exact) mass is 281 g/mol. The Morgan fingerprint density at radius 3 is 2.58 bits per heavy atom. The predicted octanol–water partition coefficient (Wildman–Crippen LogP) is 3.37. The van der Waals surface area contributed by atoms with Crippen LogP contribution < -0.4 is 5.32 Å². The van der Waals surface area contributed by atoms with Gasteiger partial charge in [-0.05, 0) is 40.8 Å². The maximum absolute atomic E-state index is 4.58. The smallest absolute Gasteiger partial charge is 0.0898 e. The molecular formula is C15H27N3S. The maximum atomic E-state index is 4.58. The lowest BCUT2D eigenvalue weighted by molar-refractivity contribution is 0.0957.